The first-order chi connectivity index (χ1) is 13.9. The van der Waals surface area contributed by atoms with Crippen LogP contribution in [0.2, 0.25) is 0 Å². The molecule has 2 aromatic rings. The smallest absolute Gasteiger partial charge is 0.381 e. The minimum absolute atomic E-state index is 0.132. The van der Waals surface area contributed by atoms with Gasteiger partial charge in [-0.3, -0.25) is 14.9 Å². The third-order valence-electron chi connectivity index (χ3n) is 3.96. The molecular weight excluding hydrogens is 400 g/mol. The van der Waals surface area contributed by atoms with Gasteiger partial charge < -0.3 is 24.8 Å². The van der Waals surface area contributed by atoms with Crippen molar-refractivity contribution in [1.29, 1.82) is 5.41 Å². The van der Waals surface area contributed by atoms with Gasteiger partial charge in [-0.05, 0) is 19.4 Å². The van der Waals surface area contributed by atoms with Crippen molar-refractivity contribution >= 4 is 45.3 Å². The van der Waals surface area contributed by atoms with Crippen molar-refractivity contribution < 1.29 is 18.7 Å². The molecule has 0 bridgehead atoms. The summed E-state index contributed by atoms with van der Waals surface area (Å²) in [5, 5.41) is 20.8. The second kappa shape index (κ2) is 8.65. The number of nitrogens with zero attached hydrogens (tertiary/aromatic N) is 3. The van der Waals surface area contributed by atoms with Crippen LogP contribution in [-0.2, 0) is 4.79 Å². The van der Waals surface area contributed by atoms with Gasteiger partial charge in [-0.15, -0.1) is 10.2 Å². The van der Waals surface area contributed by atoms with Crippen molar-refractivity contribution in [2.24, 2.45) is 0 Å². The molecular formula is C17H18N6O5S. The summed E-state index contributed by atoms with van der Waals surface area (Å²) < 4.78 is 10.1. The quantitative estimate of drug-likeness (QED) is 0.576. The van der Waals surface area contributed by atoms with Crippen LogP contribution >= 0.6 is 11.3 Å². The molecule has 0 aromatic carbocycles. The highest BCUT2D eigenvalue weighted by molar-refractivity contribution is 7.19. The summed E-state index contributed by atoms with van der Waals surface area (Å²) >= 11 is 1.06. The Balaban J connectivity index is 1.83. The SMILES string of the molecule is COc1c(N2CCCC2=O)cc(C(=O)Nc2nnc(N/C(C)=C\C=N)s2)oc1=O. The van der Waals surface area contributed by atoms with Gasteiger partial charge >= 0.3 is 5.63 Å². The van der Waals surface area contributed by atoms with E-state index in [1.807, 2.05) is 0 Å². The van der Waals surface area contributed by atoms with Gasteiger partial charge in [0.25, 0.3) is 5.91 Å². The fraction of sp³-hybridized carbons (Fsp3) is 0.294. The van der Waals surface area contributed by atoms with Gasteiger partial charge in [-0.25, -0.2) is 4.79 Å². The summed E-state index contributed by atoms with van der Waals surface area (Å²) in [5.41, 5.74) is 0.0143. The van der Waals surface area contributed by atoms with Gasteiger partial charge in [0.1, 0.15) is 0 Å². The van der Waals surface area contributed by atoms with E-state index in [0.29, 0.717) is 30.2 Å². The fourth-order valence-corrected chi connectivity index (χ4v) is 3.39. The Morgan fingerprint density at radius 1 is 1.34 bits per heavy atom. The Hall–Kier alpha value is -3.54. The van der Waals surface area contributed by atoms with Crippen LogP contribution in [-0.4, -0.2) is 41.9 Å². The second-order valence-corrected chi connectivity index (χ2v) is 6.95. The second-order valence-electron chi connectivity index (χ2n) is 5.97. The normalized spacial score (nSPS) is 14.1. The molecule has 0 aliphatic carbocycles. The van der Waals surface area contributed by atoms with E-state index in [9.17, 15) is 14.4 Å². The molecule has 0 radical (unpaired) electrons. The standard InChI is InChI=1S/C17H18N6O5S/c1-9(5-6-18)19-16-21-22-17(29-16)20-14(25)11-8-10(13(27-2)15(26)28-11)23-7-3-4-12(23)24/h5-6,8,18H,3-4,7H2,1-2H3,(H,19,21)(H,20,22,25)/b9-5-,18-6?. The van der Waals surface area contributed by atoms with Gasteiger partial charge in [0.15, 0.2) is 5.76 Å². The molecule has 3 heterocycles. The minimum Gasteiger partial charge on any atom is -0.488 e. The van der Waals surface area contributed by atoms with E-state index in [1.165, 1.54) is 24.2 Å². The average molecular weight is 418 g/mol. The number of allylic oxidation sites excluding steroid dienone is 2. The molecule has 3 rings (SSSR count). The third-order valence-corrected chi connectivity index (χ3v) is 4.72. The summed E-state index contributed by atoms with van der Waals surface area (Å²) in [6.07, 6.45) is 3.67. The van der Waals surface area contributed by atoms with Crippen molar-refractivity contribution in [3.8, 4) is 5.75 Å². The van der Waals surface area contributed by atoms with Crippen LogP contribution in [0.4, 0.5) is 16.0 Å². The molecule has 2 amide bonds. The number of methoxy groups -OCH3 is 1. The number of aromatic nitrogens is 2. The van der Waals surface area contributed by atoms with Crippen LogP contribution in [0.5, 0.6) is 5.75 Å². The number of nitrogens with one attached hydrogen (secondary N) is 3. The zero-order valence-electron chi connectivity index (χ0n) is 15.6. The summed E-state index contributed by atoms with van der Waals surface area (Å²) in [4.78, 5) is 38.2. The zero-order valence-corrected chi connectivity index (χ0v) is 16.5. The van der Waals surface area contributed by atoms with Crippen LogP contribution < -0.4 is 25.9 Å². The van der Waals surface area contributed by atoms with Crippen molar-refractivity contribution in [2.75, 3.05) is 29.2 Å². The van der Waals surface area contributed by atoms with Crippen LogP contribution in [0.25, 0.3) is 0 Å². The molecule has 3 N–H and O–H groups in total. The van der Waals surface area contributed by atoms with E-state index in [4.69, 9.17) is 14.6 Å². The summed E-state index contributed by atoms with van der Waals surface area (Å²) in [5.74, 6) is -1.29. The highest BCUT2D eigenvalue weighted by Crippen LogP contribution is 2.30. The zero-order chi connectivity index (χ0) is 21.0. The Morgan fingerprint density at radius 2 is 2.07 bits per heavy atom. The van der Waals surface area contributed by atoms with Gasteiger partial charge in [0, 0.05) is 30.9 Å². The molecule has 1 saturated heterocycles. The first kappa shape index (κ1) is 20.2. The van der Waals surface area contributed by atoms with E-state index < -0.39 is 11.5 Å². The molecule has 0 spiro atoms. The number of hydrogen-bond acceptors (Lipinski definition) is 10. The number of carbonyl (C=O) groups excluding carboxylic acids is 2. The van der Waals surface area contributed by atoms with Crippen molar-refractivity contribution in [3.05, 3.63) is 34.0 Å². The Morgan fingerprint density at radius 3 is 2.69 bits per heavy atom. The van der Waals surface area contributed by atoms with E-state index in [1.54, 1.807) is 6.92 Å². The van der Waals surface area contributed by atoms with E-state index >= 15 is 0 Å². The van der Waals surface area contributed by atoms with Gasteiger partial charge in [0.2, 0.25) is 21.9 Å². The summed E-state index contributed by atoms with van der Waals surface area (Å²) in [6.45, 7) is 2.17. The molecule has 0 saturated carbocycles. The Bertz CT molecular complexity index is 1040. The minimum atomic E-state index is -0.859. The maximum absolute atomic E-state index is 12.5. The number of rotatable bonds is 7. The van der Waals surface area contributed by atoms with E-state index in [-0.39, 0.29) is 28.2 Å². The predicted octanol–water partition coefficient (Wildman–Crippen LogP) is 1.84. The maximum atomic E-state index is 12.5. The summed E-state index contributed by atoms with van der Waals surface area (Å²) in [7, 11) is 1.29. The molecule has 152 valence electrons. The predicted molar refractivity (Wildman–Crippen MR) is 107 cm³/mol. The van der Waals surface area contributed by atoms with Crippen LogP contribution in [0.15, 0.2) is 27.1 Å². The van der Waals surface area contributed by atoms with Crippen molar-refractivity contribution in [1.82, 2.24) is 10.2 Å². The number of carbonyl (C=O) groups is 2. The molecule has 11 nitrogen and oxygen atoms in total. The first-order valence-corrected chi connectivity index (χ1v) is 9.36. The highest BCUT2D eigenvalue weighted by Gasteiger charge is 2.28. The molecule has 1 aliphatic heterocycles. The lowest BCUT2D eigenvalue weighted by molar-refractivity contribution is -0.117. The molecule has 12 heteroatoms. The number of ether oxygens (including phenoxy) is 1. The lowest BCUT2D eigenvalue weighted by atomic mass is 10.3. The molecule has 29 heavy (non-hydrogen) atoms. The number of amides is 2. The fourth-order valence-electron chi connectivity index (χ4n) is 2.69. The molecule has 2 aromatic heterocycles. The molecule has 1 aliphatic rings. The van der Waals surface area contributed by atoms with Crippen LogP contribution in [0, 0.1) is 5.41 Å². The molecule has 0 atom stereocenters. The van der Waals surface area contributed by atoms with E-state index in [0.717, 1.165) is 17.6 Å². The van der Waals surface area contributed by atoms with Gasteiger partial charge in [0.05, 0.1) is 12.8 Å². The lowest BCUT2D eigenvalue weighted by Crippen LogP contribution is -2.27. The largest absolute Gasteiger partial charge is 0.488 e. The monoisotopic (exact) mass is 418 g/mol. The number of anilines is 3. The molecule has 0 unspecified atom stereocenters. The van der Waals surface area contributed by atoms with E-state index in [2.05, 4.69) is 20.8 Å². The van der Waals surface area contributed by atoms with Crippen LogP contribution in [0.1, 0.15) is 30.3 Å². The third kappa shape index (κ3) is 4.48. The first-order valence-electron chi connectivity index (χ1n) is 8.54. The Labute approximate surface area is 168 Å². The Kier molecular flexibility index (Phi) is 6.02. The van der Waals surface area contributed by atoms with Gasteiger partial charge in [-0.2, -0.15) is 0 Å². The number of hydrogen-bond donors (Lipinski definition) is 3. The average Bonchev–Trinajstić information content (AvgIpc) is 3.29. The molecule has 1 fully saturated rings. The lowest BCUT2D eigenvalue weighted by Gasteiger charge is -2.18. The van der Waals surface area contributed by atoms with Crippen LogP contribution in [0.3, 0.4) is 0 Å². The van der Waals surface area contributed by atoms with Gasteiger partial charge in [-0.1, -0.05) is 11.3 Å². The van der Waals surface area contributed by atoms with Crippen molar-refractivity contribution in [2.45, 2.75) is 19.8 Å². The maximum Gasteiger partial charge on any atom is 0.381 e. The van der Waals surface area contributed by atoms with Crippen molar-refractivity contribution in [3.63, 3.8) is 0 Å². The topological polar surface area (TPSA) is 151 Å². The highest BCUT2D eigenvalue weighted by atomic mass is 32.1. The summed E-state index contributed by atoms with van der Waals surface area (Å²) in [6, 6.07) is 1.30.